The van der Waals surface area contributed by atoms with E-state index in [2.05, 4.69) is 10.6 Å². The Morgan fingerprint density at radius 2 is 1.85 bits per heavy atom. The third-order valence-electron chi connectivity index (χ3n) is 3.85. The highest BCUT2D eigenvalue weighted by molar-refractivity contribution is 5.84. The van der Waals surface area contributed by atoms with Crippen molar-refractivity contribution in [3.05, 3.63) is 23.8 Å². The van der Waals surface area contributed by atoms with E-state index in [0.717, 1.165) is 17.7 Å². The topological polar surface area (TPSA) is 79.9 Å². The molecule has 0 fully saturated rings. The molecular weight excluding hydrogens is 334 g/mol. The van der Waals surface area contributed by atoms with Crippen LogP contribution in [0.5, 0.6) is 11.5 Å². The molecule has 1 atom stereocenters. The van der Waals surface area contributed by atoms with Gasteiger partial charge in [-0.1, -0.05) is 6.07 Å². The van der Waals surface area contributed by atoms with Crippen molar-refractivity contribution in [2.45, 2.75) is 45.7 Å². The number of hydrogen-bond donors (Lipinski definition) is 2. The molecule has 0 saturated carbocycles. The van der Waals surface area contributed by atoms with Crippen molar-refractivity contribution in [2.75, 3.05) is 26.8 Å². The molecule has 26 heavy (non-hydrogen) atoms. The highest BCUT2D eigenvalue weighted by Gasteiger charge is 2.20. The number of ether oxygens (including phenoxy) is 2. The second kappa shape index (κ2) is 8.29. The summed E-state index contributed by atoms with van der Waals surface area (Å²) < 4.78 is 11.3. The molecule has 1 heterocycles. The quantitative estimate of drug-likeness (QED) is 0.861. The first-order valence-electron chi connectivity index (χ1n) is 8.88. The van der Waals surface area contributed by atoms with Gasteiger partial charge in [0.15, 0.2) is 11.5 Å². The summed E-state index contributed by atoms with van der Waals surface area (Å²) in [7, 11) is 1.60. The molecule has 3 amide bonds. The molecule has 1 aromatic carbocycles. The van der Waals surface area contributed by atoms with Crippen molar-refractivity contribution in [3.8, 4) is 11.5 Å². The first-order valence-corrected chi connectivity index (χ1v) is 8.88. The van der Waals surface area contributed by atoms with Gasteiger partial charge in [-0.15, -0.1) is 0 Å². The Labute approximate surface area is 155 Å². The molecule has 7 heteroatoms. The summed E-state index contributed by atoms with van der Waals surface area (Å²) in [5, 5.41) is 5.74. The van der Waals surface area contributed by atoms with Crippen LogP contribution in [-0.2, 0) is 4.79 Å². The van der Waals surface area contributed by atoms with E-state index in [1.165, 1.54) is 4.90 Å². The van der Waals surface area contributed by atoms with E-state index in [9.17, 15) is 9.59 Å². The minimum absolute atomic E-state index is 0.00301. The lowest BCUT2D eigenvalue weighted by molar-refractivity contribution is -0.122. The predicted octanol–water partition coefficient (Wildman–Crippen LogP) is 2.46. The summed E-state index contributed by atoms with van der Waals surface area (Å²) in [5.74, 6) is 1.22. The van der Waals surface area contributed by atoms with Crippen LogP contribution in [0.2, 0.25) is 0 Å². The molecule has 7 nitrogen and oxygen atoms in total. The van der Waals surface area contributed by atoms with E-state index in [1.54, 1.807) is 7.05 Å². The Morgan fingerprint density at radius 1 is 1.19 bits per heavy atom. The Morgan fingerprint density at radius 3 is 2.50 bits per heavy atom. The van der Waals surface area contributed by atoms with Crippen LogP contribution in [0, 0.1) is 0 Å². The highest BCUT2D eigenvalue weighted by atomic mass is 16.5. The van der Waals surface area contributed by atoms with Gasteiger partial charge in [0.25, 0.3) is 0 Å². The number of urea groups is 1. The van der Waals surface area contributed by atoms with Crippen molar-refractivity contribution < 1.29 is 19.1 Å². The fourth-order valence-corrected chi connectivity index (χ4v) is 2.57. The van der Waals surface area contributed by atoms with Crippen molar-refractivity contribution in [3.63, 3.8) is 0 Å². The Kier molecular flexibility index (Phi) is 6.34. The van der Waals surface area contributed by atoms with E-state index in [4.69, 9.17) is 9.47 Å². The maximum absolute atomic E-state index is 12.4. The van der Waals surface area contributed by atoms with Gasteiger partial charge in [-0.3, -0.25) is 4.79 Å². The zero-order valence-electron chi connectivity index (χ0n) is 16.2. The van der Waals surface area contributed by atoms with Gasteiger partial charge in [-0.2, -0.15) is 0 Å². The summed E-state index contributed by atoms with van der Waals surface area (Å²) in [4.78, 5) is 25.7. The molecule has 2 N–H and O–H groups in total. The van der Waals surface area contributed by atoms with E-state index in [-0.39, 0.29) is 30.1 Å². The number of fused-ring (bicyclic) bond motifs is 1. The lowest BCUT2D eigenvalue weighted by atomic mass is 10.1. The van der Waals surface area contributed by atoms with E-state index in [1.807, 2.05) is 45.9 Å². The van der Waals surface area contributed by atoms with E-state index >= 15 is 0 Å². The lowest BCUT2D eigenvalue weighted by Gasteiger charge is -2.25. The number of nitrogens with one attached hydrogen (secondary N) is 2. The van der Waals surface area contributed by atoms with Gasteiger partial charge in [-0.05, 0) is 45.4 Å². The fourth-order valence-electron chi connectivity index (χ4n) is 2.57. The molecule has 0 bridgehead atoms. The average molecular weight is 363 g/mol. The van der Waals surface area contributed by atoms with Crippen LogP contribution in [-0.4, -0.2) is 49.2 Å². The molecule has 0 spiro atoms. The number of carbonyl (C=O) groups excluding carboxylic acids is 2. The summed E-state index contributed by atoms with van der Waals surface area (Å²) in [5.41, 5.74) is 0.584. The molecule has 0 aromatic heterocycles. The minimum atomic E-state index is -0.328. The van der Waals surface area contributed by atoms with Crippen LogP contribution < -0.4 is 20.1 Å². The minimum Gasteiger partial charge on any atom is -0.490 e. The maximum Gasteiger partial charge on any atom is 0.318 e. The third-order valence-corrected chi connectivity index (χ3v) is 3.85. The first-order chi connectivity index (χ1) is 12.2. The predicted molar refractivity (Wildman–Crippen MR) is 99.5 cm³/mol. The van der Waals surface area contributed by atoms with Gasteiger partial charge in [0.05, 0.1) is 19.3 Å². The standard InChI is InChI=1S/C19H29N3O4/c1-13(14-7-8-15-16(11-14)26-10-6-9-25-15)20-18(24)22(5)12-17(23)21-19(2,3)4/h7-8,11,13H,6,9-10,12H2,1-5H3,(H,20,24)(H,21,23). The SMILES string of the molecule is CC(NC(=O)N(C)CC(=O)NC(C)(C)C)c1ccc2c(c1)OCCCO2. The number of nitrogens with zero attached hydrogens (tertiary/aromatic N) is 1. The molecule has 144 valence electrons. The van der Waals surface area contributed by atoms with Gasteiger partial charge in [0.1, 0.15) is 6.54 Å². The van der Waals surface area contributed by atoms with Crippen molar-refractivity contribution in [1.82, 2.24) is 15.5 Å². The van der Waals surface area contributed by atoms with Gasteiger partial charge >= 0.3 is 6.03 Å². The van der Waals surface area contributed by atoms with Crippen molar-refractivity contribution in [1.29, 1.82) is 0 Å². The Balaban J connectivity index is 1.94. The number of likely N-dealkylation sites (N-methyl/N-ethyl adjacent to an activating group) is 1. The second-order valence-electron chi connectivity index (χ2n) is 7.58. The van der Waals surface area contributed by atoms with Crippen LogP contribution in [0.4, 0.5) is 4.79 Å². The number of benzene rings is 1. The first kappa shape index (κ1) is 19.9. The maximum atomic E-state index is 12.4. The number of carbonyl (C=O) groups is 2. The van der Waals surface area contributed by atoms with Gasteiger partial charge in [-0.25, -0.2) is 4.79 Å². The van der Waals surface area contributed by atoms with Crippen LogP contribution in [0.15, 0.2) is 18.2 Å². The number of amides is 3. The highest BCUT2D eigenvalue weighted by Crippen LogP contribution is 2.32. The van der Waals surface area contributed by atoms with Crippen LogP contribution in [0.25, 0.3) is 0 Å². The molecule has 1 aliphatic heterocycles. The Hall–Kier alpha value is -2.44. The summed E-state index contributed by atoms with van der Waals surface area (Å²) in [6.07, 6.45) is 0.845. The molecular formula is C19H29N3O4. The Bertz CT molecular complexity index is 655. The largest absolute Gasteiger partial charge is 0.490 e. The lowest BCUT2D eigenvalue weighted by Crippen LogP contribution is -2.48. The van der Waals surface area contributed by atoms with Crippen LogP contribution in [0.1, 0.15) is 45.7 Å². The van der Waals surface area contributed by atoms with Gasteiger partial charge in [0.2, 0.25) is 5.91 Å². The zero-order chi connectivity index (χ0) is 19.3. The zero-order valence-corrected chi connectivity index (χ0v) is 16.2. The van der Waals surface area contributed by atoms with Crippen LogP contribution in [0.3, 0.4) is 0 Å². The normalized spacial score (nSPS) is 14.8. The summed E-state index contributed by atoms with van der Waals surface area (Å²) in [6, 6.07) is 5.11. The fraction of sp³-hybridized carbons (Fsp3) is 0.579. The summed E-state index contributed by atoms with van der Waals surface area (Å²) in [6.45, 7) is 8.84. The molecule has 2 rings (SSSR count). The van der Waals surface area contributed by atoms with Crippen molar-refractivity contribution >= 4 is 11.9 Å². The van der Waals surface area contributed by atoms with E-state index in [0.29, 0.717) is 19.0 Å². The molecule has 1 unspecified atom stereocenters. The molecule has 1 aromatic rings. The second-order valence-corrected chi connectivity index (χ2v) is 7.58. The molecule has 1 aliphatic rings. The molecule has 0 aliphatic carbocycles. The summed E-state index contributed by atoms with van der Waals surface area (Å²) >= 11 is 0. The smallest absolute Gasteiger partial charge is 0.318 e. The van der Waals surface area contributed by atoms with Crippen LogP contribution >= 0.6 is 0 Å². The molecule has 0 saturated heterocycles. The number of rotatable bonds is 4. The van der Waals surface area contributed by atoms with E-state index < -0.39 is 0 Å². The van der Waals surface area contributed by atoms with Gasteiger partial charge < -0.3 is 25.0 Å². The third kappa shape index (κ3) is 5.82. The van der Waals surface area contributed by atoms with Crippen molar-refractivity contribution in [2.24, 2.45) is 0 Å². The number of hydrogen-bond acceptors (Lipinski definition) is 4. The monoisotopic (exact) mass is 363 g/mol. The van der Waals surface area contributed by atoms with Gasteiger partial charge in [0, 0.05) is 19.0 Å². The molecule has 0 radical (unpaired) electrons. The average Bonchev–Trinajstić information content (AvgIpc) is 2.77.